The van der Waals surface area contributed by atoms with Gasteiger partial charge in [-0.2, -0.15) is 0 Å². The first kappa shape index (κ1) is 15.0. The quantitative estimate of drug-likeness (QED) is 0.825. The lowest BCUT2D eigenvalue weighted by molar-refractivity contribution is -0.0501. The average Bonchev–Trinajstić information content (AvgIpc) is 2.37. The maximum absolute atomic E-state index is 11.4. The van der Waals surface area contributed by atoms with Crippen LogP contribution in [0.4, 0.5) is 0 Å². The molecule has 20 heavy (non-hydrogen) atoms. The Morgan fingerprint density at radius 1 is 1.35 bits per heavy atom. The third kappa shape index (κ3) is 2.45. The van der Waals surface area contributed by atoms with Crippen molar-refractivity contribution in [2.75, 3.05) is 7.11 Å². The normalized spacial score (nSPS) is 22.3. The molecule has 1 aromatic rings. The molecule has 0 fully saturated rings. The third-order valence-electron chi connectivity index (χ3n) is 4.33. The molecule has 110 valence electrons. The molecule has 2 unspecified atom stereocenters. The average molecular weight is 278 g/mol. The van der Waals surface area contributed by atoms with Crippen molar-refractivity contribution < 1.29 is 19.7 Å². The van der Waals surface area contributed by atoms with Crippen LogP contribution in [0.25, 0.3) is 0 Å². The van der Waals surface area contributed by atoms with Gasteiger partial charge in [-0.3, -0.25) is 4.79 Å². The zero-order valence-corrected chi connectivity index (χ0v) is 12.4. The van der Waals surface area contributed by atoms with Crippen molar-refractivity contribution in [2.24, 2.45) is 5.92 Å². The van der Waals surface area contributed by atoms with Gasteiger partial charge in [0, 0.05) is 5.92 Å². The van der Waals surface area contributed by atoms with Gasteiger partial charge in [0.2, 0.25) is 0 Å². The van der Waals surface area contributed by atoms with E-state index >= 15 is 0 Å². The second-order valence-corrected chi connectivity index (χ2v) is 6.12. The number of ether oxygens (including phenoxy) is 1. The van der Waals surface area contributed by atoms with E-state index in [1.165, 1.54) is 0 Å². The molecule has 1 aromatic carbocycles. The number of aryl methyl sites for hydroxylation is 1. The maximum atomic E-state index is 11.4. The monoisotopic (exact) mass is 278 g/mol. The molecule has 0 radical (unpaired) electrons. The van der Waals surface area contributed by atoms with Crippen LogP contribution in [-0.2, 0) is 12.8 Å². The van der Waals surface area contributed by atoms with Gasteiger partial charge in [-0.25, -0.2) is 0 Å². The number of aliphatic hydroxyl groups is 2. The largest absolute Gasteiger partial charge is 0.496 e. The van der Waals surface area contributed by atoms with Crippen LogP contribution in [-0.4, -0.2) is 35.3 Å². The molecule has 2 atom stereocenters. The van der Waals surface area contributed by atoms with Crippen molar-refractivity contribution in [3.05, 3.63) is 28.3 Å². The summed E-state index contributed by atoms with van der Waals surface area (Å²) in [5, 5.41) is 20.5. The first-order valence-electron chi connectivity index (χ1n) is 6.84. The van der Waals surface area contributed by atoms with Gasteiger partial charge in [0.15, 0.2) is 6.29 Å². The summed E-state index contributed by atoms with van der Waals surface area (Å²) in [4.78, 5) is 11.4. The summed E-state index contributed by atoms with van der Waals surface area (Å²) in [6, 6.07) is 1.83. The number of hydrogen-bond donors (Lipinski definition) is 2. The number of aldehydes is 1. The van der Waals surface area contributed by atoms with Gasteiger partial charge >= 0.3 is 0 Å². The van der Waals surface area contributed by atoms with E-state index in [-0.39, 0.29) is 5.92 Å². The molecule has 2 rings (SSSR count). The van der Waals surface area contributed by atoms with Crippen molar-refractivity contribution in [1.82, 2.24) is 0 Å². The molecule has 0 heterocycles. The Morgan fingerprint density at radius 2 is 2.00 bits per heavy atom. The number of hydrogen-bond acceptors (Lipinski definition) is 4. The smallest absolute Gasteiger partial charge is 0.154 e. The Hall–Kier alpha value is -1.39. The van der Waals surface area contributed by atoms with E-state index in [4.69, 9.17) is 4.74 Å². The predicted octanol–water partition coefficient (Wildman–Crippen LogP) is 1.66. The molecule has 0 aromatic heterocycles. The fourth-order valence-electron chi connectivity index (χ4n) is 3.15. The minimum absolute atomic E-state index is 0.291. The van der Waals surface area contributed by atoms with Crippen LogP contribution in [0.3, 0.4) is 0 Å². The molecule has 0 saturated heterocycles. The number of rotatable bonds is 3. The lowest BCUT2D eigenvalue weighted by Gasteiger charge is -2.38. The molecule has 0 amide bonds. The van der Waals surface area contributed by atoms with Crippen LogP contribution in [0.15, 0.2) is 6.07 Å². The molecule has 0 bridgehead atoms. The van der Waals surface area contributed by atoms with Crippen LogP contribution in [0.1, 0.15) is 40.9 Å². The molecular formula is C16H22O4. The van der Waals surface area contributed by atoms with Gasteiger partial charge in [0.25, 0.3) is 0 Å². The van der Waals surface area contributed by atoms with E-state index in [1.54, 1.807) is 21.0 Å². The lowest BCUT2D eigenvalue weighted by atomic mass is 9.72. The predicted molar refractivity (Wildman–Crippen MR) is 76.3 cm³/mol. The maximum Gasteiger partial charge on any atom is 0.154 e. The van der Waals surface area contributed by atoms with Crippen LogP contribution in [0.5, 0.6) is 5.75 Å². The zero-order chi connectivity index (χ0) is 15.1. The second kappa shape index (κ2) is 5.19. The van der Waals surface area contributed by atoms with Gasteiger partial charge in [-0.1, -0.05) is 0 Å². The Balaban J connectivity index is 2.58. The van der Waals surface area contributed by atoms with E-state index < -0.39 is 11.7 Å². The zero-order valence-electron chi connectivity index (χ0n) is 12.4. The highest BCUT2D eigenvalue weighted by atomic mass is 16.5. The topological polar surface area (TPSA) is 66.8 Å². The molecule has 4 heteroatoms. The van der Waals surface area contributed by atoms with E-state index in [0.717, 1.165) is 23.0 Å². The Kier molecular flexibility index (Phi) is 3.89. The lowest BCUT2D eigenvalue weighted by Crippen LogP contribution is -2.44. The molecule has 4 nitrogen and oxygen atoms in total. The third-order valence-corrected chi connectivity index (χ3v) is 4.33. The number of methoxy groups -OCH3 is 1. The number of benzene rings is 1. The number of carbonyl (C=O) groups is 1. The fraction of sp³-hybridized carbons (Fsp3) is 0.562. The van der Waals surface area contributed by atoms with Crippen molar-refractivity contribution in [3.8, 4) is 5.75 Å². The van der Waals surface area contributed by atoms with Crippen molar-refractivity contribution in [1.29, 1.82) is 0 Å². The first-order valence-corrected chi connectivity index (χ1v) is 6.84. The fourth-order valence-corrected chi connectivity index (χ4v) is 3.15. The van der Waals surface area contributed by atoms with Gasteiger partial charge in [-0.05, 0) is 56.4 Å². The first-order chi connectivity index (χ1) is 9.29. The highest BCUT2D eigenvalue weighted by Gasteiger charge is 2.38. The van der Waals surface area contributed by atoms with Crippen LogP contribution in [0, 0.1) is 12.8 Å². The molecule has 0 saturated carbocycles. The van der Waals surface area contributed by atoms with Crippen LogP contribution < -0.4 is 4.74 Å². The molecule has 2 N–H and O–H groups in total. The molecule has 0 spiro atoms. The van der Waals surface area contributed by atoms with E-state index in [2.05, 4.69) is 0 Å². The SMILES string of the molecule is COc1cc(C)c2c(c1C=O)CC(C(C)(C)O)C(O)C2. The van der Waals surface area contributed by atoms with E-state index in [1.807, 2.05) is 13.0 Å². The summed E-state index contributed by atoms with van der Waals surface area (Å²) >= 11 is 0. The van der Waals surface area contributed by atoms with Gasteiger partial charge in [0.1, 0.15) is 5.75 Å². The minimum Gasteiger partial charge on any atom is -0.496 e. The number of fused-ring (bicyclic) bond motifs is 1. The molecular weight excluding hydrogens is 256 g/mol. The van der Waals surface area contributed by atoms with Crippen LogP contribution >= 0.6 is 0 Å². The number of aliphatic hydroxyl groups excluding tert-OH is 1. The molecule has 1 aliphatic rings. The highest BCUT2D eigenvalue weighted by molar-refractivity contribution is 5.83. The Morgan fingerprint density at radius 3 is 2.50 bits per heavy atom. The van der Waals surface area contributed by atoms with E-state index in [0.29, 0.717) is 24.2 Å². The molecule has 0 aliphatic heterocycles. The van der Waals surface area contributed by atoms with Crippen molar-refractivity contribution in [2.45, 2.75) is 45.3 Å². The highest BCUT2D eigenvalue weighted by Crippen LogP contribution is 2.38. The van der Waals surface area contributed by atoms with Gasteiger partial charge in [-0.15, -0.1) is 0 Å². The summed E-state index contributed by atoms with van der Waals surface area (Å²) in [6.07, 6.45) is 1.14. The summed E-state index contributed by atoms with van der Waals surface area (Å²) in [7, 11) is 1.54. The summed E-state index contributed by atoms with van der Waals surface area (Å²) < 4.78 is 5.27. The minimum atomic E-state index is -0.992. The van der Waals surface area contributed by atoms with E-state index in [9.17, 15) is 15.0 Å². The Labute approximate surface area is 119 Å². The van der Waals surface area contributed by atoms with Gasteiger partial charge in [0.05, 0.1) is 24.4 Å². The Bertz CT molecular complexity index is 528. The standard InChI is InChI=1S/C16H22O4/c1-9-5-15(20-4)12(8-17)11-6-13(16(2,3)19)14(18)7-10(9)11/h5,8,13-14,18-19H,6-7H2,1-4H3. The van der Waals surface area contributed by atoms with Crippen LogP contribution in [0.2, 0.25) is 0 Å². The van der Waals surface area contributed by atoms with Crippen molar-refractivity contribution in [3.63, 3.8) is 0 Å². The van der Waals surface area contributed by atoms with Gasteiger partial charge < -0.3 is 14.9 Å². The number of carbonyl (C=O) groups excluding carboxylic acids is 1. The van der Waals surface area contributed by atoms with Crippen molar-refractivity contribution >= 4 is 6.29 Å². The summed E-state index contributed by atoms with van der Waals surface area (Å²) in [5.41, 5.74) is 2.45. The molecule has 1 aliphatic carbocycles. The summed E-state index contributed by atoms with van der Waals surface area (Å²) in [6.45, 7) is 5.34. The second-order valence-electron chi connectivity index (χ2n) is 6.12. The summed E-state index contributed by atoms with van der Waals surface area (Å²) in [5.74, 6) is 0.266.